The second-order valence-electron chi connectivity index (χ2n) is 7.40. The molecule has 0 amide bonds. The lowest BCUT2D eigenvalue weighted by Crippen LogP contribution is -2.44. The molecule has 0 aliphatic rings. The molecule has 0 bridgehead atoms. The van der Waals surface area contributed by atoms with Crippen molar-refractivity contribution in [3.8, 4) is 17.2 Å². The molecular weight excluding hydrogens is 493 g/mol. The molecule has 0 fully saturated rings. The van der Waals surface area contributed by atoms with Crippen molar-refractivity contribution in [2.45, 2.75) is 25.7 Å². The Morgan fingerprint density at radius 2 is 1.57 bits per heavy atom. The zero-order valence-electron chi connectivity index (χ0n) is 18.7. The van der Waals surface area contributed by atoms with Crippen LogP contribution in [-0.4, -0.2) is 47.4 Å². The van der Waals surface area contributed by atoms with Crippen LogP contribution in [0.25, 0.3) is 0 Å². The lowest BCUT2D eigenvalue weighted by atomic mass is 9.84. The molecule has 166 valence electrons. The molecule has 0 radical (unpaired) electrons. The van der Waals surface area contributed by atoms with Gasteiger partial charge in [0.05, 0.1) is 21.3 Å². The Balaban J connectivity index is 0.00000450. The lowest BCUT2D eigenvalue weighted by Gasteiger charge is -2.27. The lowest BCUT2D eigenvalue weighted by molar-refractivity contribution is 0.354. The number of methoxy groups -OCH3 is 3. The van der Waals surface area contributed by atoms with E-state index in [2.05, 4.69) is 41.6 Å². The van der Waals surface area contributed by atoms with Gasteiger partial charge in [-0.25, -0.2) is 0 Å². The van der Waals surface area contributed by atoms with Crippen LogP contribution < -0.4 is 24.8 Å². The minimum Gasteiger partial charge on any atom is -0.497 e. The van der Waals surface area contributed by atoms with Crippen LogP contribution in [0.3, 0.4) is 0 Å². The molecular formula is C23H34IN3O3. The quantitative estimate of drug-likeness (QED) is 0.293. The molecule has 0 heterocycles. The van der Waals surface area contributed by atoms with E-state index in [-0.39, 0.29) is 29.4 Å². The van der Waals surface area contributed by atoms with Crippen LogP contribution in [0, 0.1) is 0 Å². The summed E-state index contributed by atoms with van der Waals surface area (Å²) in [7, 11) is 6.75. The summed E-state index contributed by atoms with van der Waals surface area (Å²) >= 11 is 0. The van der Waals surface area contributed by atoms with E-state index in [1.807, 2.05) is 30.3 Å². The normalized spacial score (nSPS) is 11.3. The molecule has 30 heavy (non-hydrogen) atoms. The van der Waals surface area contributed by atoms with Gasteiger partial charge < -0.3 is 24.8 Å². The Bertz CT molecular complexity index is 808. The van der Waals surface area contributed by atoms with Gasteiger partial charge in [-0.3, -0.25) is 4.99 Å². The molecule has 2 rings (SSSR count). The van der Waals surface area contributed by atoms with Crippen molar-refractivity contribution in [1.82, 2.24) is 10.6 Å². The van der Waals surface area contributed by atoms with E-state index in [9.17, 15) is 0 Å². The van der Waals surface area contributed by atoms with Crippen molar-refractivity contribution < 1.29 is 14.2 Å². The topological polar surface area (TPSA) is 64.1 Å². The number of rotatable bonds is 9. The third kappa shape index (κ3) is 7.27. The van der Waals surface area contributed by atoms with Crippen molar-refractivity contribution in [3.63, 3.8) is 0 Å². The smallest absolute Gasteiger partial charge is 0.191 e. The first-order chi connectivity index (χ1) is 13.9. The van der Waals surface area contributed by atoms with Gasteiger partial charge in [-0.15, -0.1) is 24.0 Å². The van der Waals surface area contributed by atoms with E-state index in [0.717, 1.165) is 42.7 Å². The molecule has 0 saturated carbocycles. The molecule has 0 spiro atoms. The number of hydrogen-bond acceptors (Lipinski definition) is 4. The summed E-state index contributed by atoms with van der Waals surface area (Å²) in [5.74, 6) is 3.13. The fraction of sp³-hybridized carbons (Fsp3) is 0.435. The maximum Gasteiger partial charge on any atom is 0.191 e. The second-order valence-corrected chi connectivity index (χ2v) is 7.40. The SMILES string of the molecule is CN=C(NCCc1ccc(OC)c(OC)c1)NCC(C)(C)c1ccc(OC)cc1.I. The van der Waals surface area contributed by atoms with Gasteiger partial charge in [0.1, 0.15) is 5.75 Å². The maximum atomic E-state index is 5.37. The second kappa shape index (κ2) is 12.5. The summed E-state index contributed by atoms with van der Waals surface area (Å²) in [4.78, 5) is 4.33. The first-order valence-corrected chi connectivity index (χ1v) is 9.73. The number of hydrogen-bond donors (Lipinski definition) is 2. The minimum atomic E-state index is -0.0484. The zero-order chi connectivity index (χ0) is 21.3. The Hall–Kier alpha value is -2.16. The van der Waals surface area contributed by atoms with Gasteiger partial charge in [-0.1, -0.05) is 32.0 Å². The van der Waals surface area contributed by atoms with E-state index >= 15 is 0 Å². The first-order valence-electron chi connectivity index (χ1n) is 9.73. The van der Waals surface area contributed by atoms with Crippen LogP contribution in [0.2, 0.25) is 0 Å². The zero-order valence-corrected chi connectivity index (χ0v) is 21.1. The molecule has 2 aromatic rings. The highest BCUT2D eigenvalue weighted by Gasteiger charge is 2.21. The summed E-state index contributed by atoms with van der Waals surface area (Å²) in [5, 5.41) is 6.80. The predicted molar refractivity (Wildman–Crippen MR) is 134 cm³/mol. The fourth-order valence-electron chi connectivity index (χ4n) is 3.03. The highest BCUT2D eigenvalue weighted by molar-refractivity contribution is 14.0. The molecule has 0 aromatic heterocycles. The number of nitrogens with one attached hydrogen (secondary N) is 2. The van der Waals surface area contributed by atoms with Gasteiger partial charge in [0.25, 0.3) is 0 Å². The number of halogens is 1. The van der Waals surface area contributed by atoms with Gasteiger partial charge in [0.15, 0.2) is 17.5 Å². The van der Waals surface area contributed by atoms with E-state index in [1.165, 1.54) is 11.1 Å². The standard InChI is InChI=1S/C23H33N3O3.HI/c1-23(2,18-8-10-19(27-4)11-9-18)16-26-22(24-3)25-14-13-17-7-12-20(28-5)21(15-17)29-6;/h7-12,15H,13-14,16H2,1-6H3,(H2,24,25,26);1H. The molecule has 0 aliphatic heterocycles. The fourth-order valence-corrected chi connectivity index (χ4v) is 3.03. The van der Waals surface area contributed by atoms with Crippen molar-refractivity contribution in [2.75, 3.05) is 41.5 Å². The number of aliphatic imine (C=N–C) groups is 1. The van der Waals surface area contributed by atoms with Gasteiger partial charge in [-0.2, -0.15) is 0 Å². The molecule has 0 unspecified atom stereocenters. The molecule has 0 saturated heterocycles. The summed E-state index contributed by atoms with van der Waals surface area (Å²) in [6.45, 7) is 5.94. The van der Waals surface area contributed by atoms with E-state index in [4.69, 9.17) is 14.2 Å². The van der Waals surface area contributed by atoms with Gasteiger partial charge in [0, 0.05) is 25.6 Å². The third-order valence-corrected chi connectivity index (χ3v) is 4.95. The highest BCUT2D eigenvalue weighted by Crippen LogP contribution is 2.27. The van der Waals surface area contributed by atoms with Crippen molar-refractivity contribution in [3.05, 3.63) is 53.6 Å². The Labute approximate surface area is 197 Å². The van der Waals surface area contributed by atoms with Crippen molar-refractivity contribution >= 4 is 29.9 Å². The maximum absolute atomic E-state index is 5.37. The summed E-state index contributed by atoms with van der Waals surface area (Å²) < 4.78 is 15.9. The largest absolute Gasteiger partial charge is 0.497 e. The van der Waals surface area contributed by atoms with Crippen LogP contribution in [0.15, 0.2) is 47.5 Å². The van der Waals surface area contributed by atoms with Crippen LogP contribution in [0.1, 0.15) is 25.0 Å². The van der Waals surface area contributed by atoms with Crippen molar-refractivity contribution in [2.24, 2.45) is 4.99 Å². The summed E-state index contributed by atoms with van der Waals surface area (Å²) in [6.07, 6.45) is 0.850. The van der Waals surface area contributed by atoms with Gasteiger partial charge in [0.2, 0.25) is 0 Å². The molecule has 7 heteroatoms. The molecule has 2 aromatic carbocycles. The minimum absolute atomic E-state index is 0. The number of nitrogens with zero attached hydrogens (tertiary/aromatic N) is 1. The number of guanidine groups is 1. The average molecular weight is 527 g/mol. The van der Waals surface area contributed by atoms with Crippen molar-refractivity contribution in [1.29, 1.82) is 0 Å². The Morgan fingerprint density at radius 3 is 2.13 bits per heavy atom. The monoisotopic (exact) mass is 527 g/mol. The Morgan fingerprint density at radius 1 is 0.900 bits per heavy atom. The van der Waals surface area contributed by atoms with Crippen LogP contribution >= 0.6 is 24.0 Å². The predicted octanol–water partition coefficient (Wildman–Crippen LogP) is 4.02. The average Bonchev–Trinajstić information content (AvgIpc) is 2.75. The summed E-state index contributed by atoms with van der Waals surface area (Å²) in [6, 6.07) is 14.2. The van der Waals surface area contributed by atoms with Gasteiger partial charge >= 0.3 is 0 Å². The molecule has 0 aliphatic carbocycles. The van der Waals surface area contributed by atoms with Gasteiger partial charge in [-0.05, 0) is 41.8 Å². The van der Waals surface area contributed by atoms with Crippen LogP contribution in [0.4, 0.5) is 0 Å². The van der Waals surface area contributed by atoms with E-state index < -0.39 is 0 Å². The Kier molecular flexibility index (Phi) is 10.8. The first kappa shape index (κ1) is 25.9. The molecule has 2 N–H and O–H groups in total. The highest BCUT2D eigenvalue weighted by atomic mass is 127. The third-order valence-electron chi connectivity index (χ3n) is 4.95. The summed E-state index contributed by atoms with van der Waals surface area (Å²) in [5.41, 5.74) is 2.36. The molecule has 0 atom stereocenters. The van der Waals surface area contributed by atoms with E-state index in [1.54, 1.807) is 28.4 Å². The molecule has 6 nitrogen and oxygen atoms in total. The number of ether oxygens (including phenoxy) is 3. The van der Waals surface area contributed by atoms with E-state index in [0.29, 0.717) is 0 Å². The van der Waals surface area contributed by atoms with Crippen LogP contribution in [-0.2, 0) is 11.8 Å². The number of benzene rings is 2. The van der Waals surface area contributed by atoms with Crippen LogP contribution in [0.5, 0.6) is 17.2 Å².